The number of rotatable bonds is 7. The van der Waals surface area contributed by atoms with Crippen molar-refractivity contribution < 1.29 is 9.59 Å². The minimum Gasteiger partial charge on any atom is -0.321 e. The van der Waals surface area contributed by atoms with E-state index in [0.29, 0.717) is 23.2 Å². The first-order chi connectivity index (χ1) is 13.1. The standard InChI is InChI=1S/C22H27N3O2/c1-24-14-16-25(17-15-24)13-7-12-21(26)19-10-5-6-11-20(19)23-22(27)18-8-3-2-4-9-18/h2-6,8-11H,7,12-17H2,1H3,(H,23,27). The first-order valence-corrected chi connectivity index (χ1v) is 9.53. The fourth-order valence-electron chi connectivity index (χ4n) is 3.29. The molecule has 1 aliphatic heterocycles. The summed E-state index contributed by atoms with van der Waals surface area (Å²) >= 11 is 0. The Bertz CT molecular complexity index is 768. The van der Waals surface area contributed by atoms with Gasteiger partial charge in [0, 0.05) is 43.7 Å². The van der Waals surface area contributed by atoms with E-state index >= 15 is 0 Å². The summed E-state index contributed by atoms with van der Waals surface area (Å²) in [6.45, 7) is 5.24. The fraction of sp³-hybridized carbons (Fsp3) is 0.364. The van der Waals surface area contributed by atoms with Crippen molar-refractivity contribution in [1.82, 2.24) is 9.80 Å². The van der Waals surface area contributed by atoms with Crippen LogP contribution >= 0.6 is 0 Å². The molecule has 5 heteroatoms. The fourth-order valence-corrected chi connectivity index (χ4v) is 3.29. The number of hydrogen-bond acceptors (Lipinski definition) is 4. The van der Waals surface area contributed by atoms with E-state index in [2.05, 4.69) is 22.2 Å². The van der Waals surface area contributed by atoms with Gasteiger partial charge in [0.2, 0.25) is 0 Å². The molecule has 0 saturated carbocycles. The van der Waals surface area contributed by atoms with Crippen molar-refractivity contribution in [2.24, 2.45) is 0 Å². The number of amides is 1. The van der Waals surface area contributed by atoms with Gasteiger partial charge in [0.1, 0.15) is 0 Å². The van der Waals surface area contributed by atoms with Gasteiger partial charge in [-0.25, -0.2) is 0 Å². The maximum atomic E-state index is 12.7. The number of anilines is 1. The normalized spacial score (nSPS) is 15.4. The van der Waals surface area contributed by atoms with Crippen LogP contribution in [0.2, 0.25) is 0 Å². The van der Waals surface area contributed by atoms with E-state index in [9.17, 15) is 9.59 Å². The number of nitrogens with zero attached hydrogens (tertiary/aromatic N) is 2. The zero-order valence-electron chi connectivity index (χ0n) is 15.9. The molecule has 0 radical (unpaired) electrons. The lowest BCUT2D eigenvalue weighted by Crippen LogP contribution is -2.44. The van der Waals surface area contributed by atoms with Crippen molar-refractivity contribution in [2.45, 2.75) is 12.8 Å². The average molecular weight is 365 g/mol. The molecule has 0 unspecified atom stereocenters. The van der Waals surface area contributed by atoms with Crippen molar-refractivity contribution in [3.63, 3.8) is 0 Å². The minimum atomic E-state index is -0.201. The Kier molecular flexibility index (Phi) is 6.74. The van der Waals surface area contributed by atoms with E-state index in [0.717, 1.165) is 39.1 Å². The van der Waals surface area contributed by atoms with Crippen LogP contribution in [-0.2, 0) is 0 Å². The maximum absolute atomic E-state index is 12.7. The maximum Gasteiger partial charge on any atom is 0.255 e. The molecule has 0 atom stereocenters. The largest absolute Gasteiger partial charge is 0.321 e. The van der Waals surface area contributed by atoms with Crippen LogP contribution < -0.4 is 5.32 Å². The van der Waals surface area contributed by atoms with Crippen molar-refractivity contribution in [3.8, 4) is 0 Å². The van der Waals surface area contributed by atoms with Crippen LogP contribution in [0.15, 0.2) is 54.6 Å². The van der Waals surface area contributed by atoms with E-state index in [1.165, 1.54) is 0 Å². The number of piperazine rings is 1. The highest BCUT2D eigenvalue weighted by atomic mass is 16.1. The van der Waals surface area contributed by atoms with Gasteiger partial charge in [-0.2, -0.15) is 0 Å². The molecule has 1 heterocycles. The summed E-state index contributed by atoms with van der Waals surface area (Å²) in [5.74, 6) is -0.124. The number of likely N-dealkylation sites (N-methyl/N-ethyl adjacent to an activating group) is 1. The van der Waals surface area contributed by atoms with Gasteiger partial charge >= 0.3 is 0 Å². The highest BCUT2D eigenvalue weighted by molar-refractivity contribution is 6.09. The molecule has 1 saturated heterocycles. The van der Waals surface area contributed by atoms with Gasteiger partial charge in [0.25, 0.3) is 5.91 Å². The number of ketones is 1. The molecule has 27 heavy (non-hydrogen) atoms. The summed E-state index contributed by atoms with van der Waals surface area (Å²) < 4.78 is 0. The Morgan fingerprint density at radius 3 is 2.33 bits per heavy atom. The van der Waals surface area contributed by atoms with E-state index in [-0.39, 0.29) is 11.7 Å². The molecule has 142 valence electrons. The minimum absolute atomic E-state index is 0.0769. The number of carbonyl (C=O) groups is 2. The lowest BCUT2D eigenvalue weighted by molar-refractivity contribution is 0.0968. The molecular weight excluding hydrogens is 338 g/mol. The Hall–Kier alpha value is -2.50. The quantitative estimate of drug-likeness (QED) is 0.766. The Labute approximate surface area is 161 Å². The van der Waals surface area contributed by atoms with Gasteiger partial charge in [-0.3, -0.25) is 9.59 Å². The smallest absolute Gasteiger partial charge is 0.255 e. The predicted octanol–water partition coefficient (Wildman–Crippen LogP) is 3.15. The van der Waals surface area contributed by atoms with E-state index in [1.807, 2.05) is 30.3 Å². The summed E-state index contributed by atoms with van der Waals surface area (Å²) in [7, 11) is 2.14. The molecule has 0 spiro atoms. The first kappa shape index (κ1) is 19.3. The third-order valence-corrected chi connectivity index (χ3v) is 4.99. The average Bonchev–Trinajstić information content (AvgIpc) is 2.70. The van der Waals surface area contributed by atoms with Crippen LogP contribution in [0.4, 0.5) is 5.69 Å². The Balaban J connectivity index is 1.56. The second-order valence-electron chi connectivity index (χ2n) is 7.04. The lowest BCUT2D eigenvalue weighted by atomic mass is 10.0. The summed E-state index contributed by atoms with van der Waals surface area (Å²) in [5, 5.41) is 2.88. The van der Waals surface area contributed by atoms with E-state index in [4.69, 9.17) is 0 Å². The van der Waals surface area contributed by atoms with Gasteiger partial charge in [-0.05, 0) is 44.3 Å². The second kappa shape index (κ2) is 9.44. The Morgan fingerprint density at radius 2 is 1.59 bits per heavy atom. The molecule has 0 bridgehead atoms. The number of carbonyl (C=O) groups excluding carboxylic acids is 2. The Morgan fingerprint density at radius 1 is 0.926 bits per heavy atom. The van der Waals surface area contributed by atoms with Gasteiger partial charge in [-0.15, -0.1) is 0 Å². The zero-order valence-corrected chi connectivity index (χ0v) is 15.9. The highest BCUT2D eigenvalue weighted by Crippen LogP contribution is 2.19. The molecule has 0 aliphatic carbocycles. The molecule has 1 N–H and O–H groups in total. The van der Waals surface area contributed by atoms with Crippen LogP contribution in [-0.4, -0.2) is 61.3 Å². The van der Waals surface area contributed by atoms with Crippen LogP contribution in [0.3, 0.4) is 0 Å². The van der Waals surface area contributed by atoms with E-state index < -0.39 is 0 Å². The third kappa shape index (κ3) is 5.49. The summed E-state index contributed by atoms with van der Waals surface area (Å²) in [4.78, 5) is 29.8. The topological polar surface area (TPSA) is 52.6 Å². The van der Waals surface area contributed by atoms with Gasteiger partial charge in [-0.1, -0.05) is 30.3 Å². The summed E-state index contributed by atoms with van der Waals surface area (Å²) in [5.41, 5.74) is 1.74. The monoisotopic (exact) mass is 365 g/mol. The molecule has 2 aromatic carbocycles. The molecule has 1 fully saturated rings. The second-order valence-corrected chi connectivity index (χ2v) is 7.04. The van der Waals surface area contributed by atoms with Crippen molar-refractivity contribution in [1.29, 1.82) is 0 Å². The summed E-state index contributed by atoms with van der Waals surface area (Å²) in [6.07, 6.45) is 1.33. The van der Waals surface area contributed by atoms with Crippen molar-refractivity contribution in [3.05, 3.63) is 65.7 Å². The molecule has 3 rings (SSSR count). The number of nitrogens with one attached hydrogen (secondary N) is 1. The zero-order chi connectivity index (χ0) is 19.1. The number of para-hydroxylation sites is 1. The molecule has 0 aromatic heterocycles. The summed E-state index contributed by atoms with van der Waals surface area (Å²) in [6, 6.07) is 16.3. The first-order valence-electron chi connectivity index (χ1n) is 9.53. The molecule has 1 amide bonds. The molecule has 1 aliphatic rings. The third-order valence-electron chi connectivity index (χ3n) is 4.99. The van der Waals surface area contributed by atoms with Gasteiger partial charge < -0.3 is 15.1 Å². The molecule has 5 nitrogen and oxygen atoms in total. The van der Waals surface area contributed by atoms with Gasteiger partial charge in [0.05, 0.1) is 5.69 Å². The lowest BCUT2D eigenvalue weighted by Gasteiger charge is -2.32. The number of benzene rings is 2. The van der Waals surface area contributed by atoms with Crippen LogP contribution in [0, 0.1) is 0 Å². The van der Waals surface area contributed by atoms with Gasteiger partial charge in [0.15, 0.2) is 5.78 Å². The van der Waals surface area contributed by atoms with Crippen molar-refractivity contribution >= 4 is 17.4 Å². The number of hydrogen-bond donors (Lipinski definition) is 1. The highest BCUT2D eigenvalue weighted by Gasteiger charge is 2.16. The number of Topliss-reactive ketones (excluding diaryl/α,β-unsaturated/α-hetero) is 1. The van der Waals surface area contributed by atoms with Crippen LogP contribution in [0.1, 0.15) is 33.6 Å². The SMILES string of the molecule is CN1CCN(CCCC(=O)c2ccccc2NC(=O)c2ccccc2)CC1. The van der Waals surface area contributed by atoms with Crippen LogP contribution in [0.5, 0.6) is 0 Å². The van der Waals surface area contributed by atoms with Crippen molar-refractivity contribution in [2.75, 3.05) is 45.1 Å². The van der Waals surface area contributed by atoms with E-state index in [1.54, 1.807) is 24.3 Å². The molecule has 2 aromatic rings. The molecular formula is C22H27N3O2. The van der Waals surface area contributed by atoms with Crippen LogP contribution in [0.25, 0.3) is 0 Å². The predicted molar refractivity (Wildman–Crippen MR) is 108 cm³/mol.